The third kappa shape index (κ3) is 4.55. The smallest absolute Gasteiger partial charge is 0.410 e. The van der Waals surface area contributed by atoms with Crippen molar-refractivity contribution in [2.75, 3.05) is 44.2 Å². The van der Waals surface area contributed by atoms with Gasteiger partial charge in [0.25, 0.3) is 5.91 Å². The first-order chi connectivity index (χ1) is 13.1. The van der Waals surface area contributed by atoms with Gasteiger partial charge in [0.1, 0.15) is 12.1 Å². The van der Waals surface area contributed by atoms with Gasteiger partial charge in [0.2, 0.25) is 0 Å². The summed E-state index contributed by atoms with van der Waals surface area (Å²) in [5.74, 6) is -1.25. The maximum absolute atomic E-state index is 12.6. The first-order valence-electron chi connectivity index (χ1n) is 9.51. The van der Waals surface area contributed by atoms with Gasteiger partial charge in [-0.2, -0.15) is 0 Å². The van der Waals surface area contributed by atoms with Crippen LogP contribution in [0.3, 0.4) is 0 Å². The highest BCUT2D eigenvalue weighted by molar-refractivity contribution is 5.99. The summed E-state index contributed by atoms with van der Waals surface area (Å²) in [5.41, 5.74) is 1.91. The second kappa shape index (κ2) is 7.69. The van der Waals surface area contributed by atoms with Crippen LogP contribution in [0.15, 0.2) is 18.2 Å². The van der Waals surface area contributed by atoms with E-state index in [1.165, 1.54) is 4.90 Å². The number of rotatable bonds is 3. The molecule has 0 unspecified atom stereocenters. The Morgan fingerprint density at radius 1 is 1.11 bits per heavy atom. The van der Waals surface area contributed by atoms with Crippen molar-refractivity contribution in [1.29, 1.82) is 0 Å². The van der Waals surface area contributed by atoms with Crippen molar-refractivity contribution in [3.05, 3.63) is 29.3 Å². The molecule has 2 aliphatic heterocycles. The summed E-state index contributed by atoms with van der Waals surface area (Å²) in [4.78, 5) is 41.0. The van der Waals surface area contributed by atoms with Crippen LogP contribution in [0, 0.1) is 0 Å². The molecule has 0 spiro atoms. The predicted molar refractivity (Wildman–Crippen MR) is 104 cm³/mol. The lowest BCUT2D eigenvalue weighted by atomic mass is 9.98. The molecule has 3 rings (SSSR count). The molecule has 0 radical (unpaired) electrons. The summed E-state index contributed by atoms with van der Waals surface area (Å²) in [6.45, 7) is 8.06. The zero-order chi connectivity index (χ0) is 20.5. The number of ether oxygens (including phenoxy) is 1. The lowest BCUT2D eigenvalue weighted by Gasteiger charge is -2.37. The summed E-state index contributed by atoms with van der Waals surface area (Å²) in [6.07, 6.45) is 0.346. The van der Waals surface area contributed by atoms with Crippen molar-refractivity contribution in [2.24, 2.45) is 0 Å². The molecule has 0 bridgehead atoms. The molecule has 2 heterocycles. The van der Waals surface area contributed by atoms with Crippen molar-refractivity contribution >= 4 is 23.7 Å². The second-order valence-corrected chi connectivity index (χ2v) is 8.17. The number of anilines is 1. The molecule has 8 heteroatoms. The molecule has 0 saturated carbocycles. The summed E-state index contributed by atoms with van der Waals surface area (Å²) in [7, 11) is 0. The fourth-order valence-corrected chi connectivity index (χ4v) is 3.49. The first kappa shape index (κ1) is 20.0. The Bertz CT molecular complexity index is 779. The van der Waals surface area contributed by atoms with Crippen LogP contribution < -0.4 is 4.90 Å². The first-order valence-corrected chi connectivity index (χ1v) is 9.51. The van der Waals surface area contributed by atoms with Crippen LogP contribution >= 0.6 is 0 Å². The van der Waals surface area contributed by atoms with Gasteiger partial charge in [-0.1, -0.05) is 6.07 Å². The van der Waals surface area contributed by atoms with Gasteiger partial charge in [-0.3, -0.25) is 9.59 Å². The van der Waals surface area contributed by atoms with E-state index in [0.29, 0.717) is 44.7 Å². The van der Waals surface area contributed by atoms with E-state index in [1.807, 2.05) is 39.0 Å². The number of hydrogen-bond acceptors (Lipinski definition) is 5. The minimum Gasteiger partial charge on any atom is -0.480 e. The summed E-state index contributed by atoms with van der Waals surface area (Å²) in [5, 5.41) is 8.99. The monoisotopic (exact) mass is 389 g/mol. The van der Waals surface area contributed by atoms with Crippen LogP contribution in [-0.2, 0) is 16.0 Å². The Kier molecular flexibility index (Phi) is 5.49. The minimum atomic E-state index is -1.01. The van der Waals surface area contributed by atoms with Crippen LogP contribution in [0.4, 0.5) is 10.5 Å². The van der Waals surface area contributed by atoms with Crippen LogP contribution in [0.1, 0.15) is 36.7 Å². The SMILES string of the molecule is CC(C)(C)OC(=O)N1CCN(c2ccc3c(c2)C(=O)N(CC(=O)O)CC3)CC1. The van der Waals surface area contributed by atoms with E-state index in [2.05, 4.69) is 4.90 Å². The molecule has 8 nitrogen and oxygen atoms in total. The third-order valence-electron chi connectivity index (χ3n) is 4.88. The number of fused-ring (bicyclic) bond motifs is 1. The lowest BCUT2D eigenvalue weighted by Crippen LogP contribution is -2.50. The topological polar surface area (TPSA) is 90.4 Å². The van der Waals surface area contributed by atoms with Gasteiger partial charge in [-0.05, 0) is 44.9 Å². The number of aliphatic carboxylic acids is 1. The van der Waals surface area contributed by atoms with Crippen molar-refractivity contribution in [3.63, 3.8) is 0 Å². The van der Waals surface area contributed by atoms with E-state index >= 15 is 0 Å². The molecule has 1 N–H and O–H groups in total. The molecular weight excluding hydrogens is 362 g/mol. The Morgan fingerprint density at radius 2 is 1.79 bits per heavy atom. The van der Waals surface area contributed by atoms with E-state index in [0.717, 1.165) is 11.3 Å². The number of piperazine rings is 1. The normalized spacial score (nSPS) is 17.4. The molecule has 0 atom stereocenters. The van der Waals surface area contributed by atoms with Crippen molar-refractivity contribution in [3.8, 4) is 0 Å². The van der Waals surface area contributed by atoms with Gasteiger partial charge in [-0.15, -0.1) is 0 Å². The molecule has 0 aromatic heterocycles. The van der Waals surface area contributed by atoms with E-state index in [-0.39, 0.29) is 18.5 Å². The van der Waals surface area contributed by atoms with E-state index in [9.17, 15) is 14.4 Å². The molecule has 2 amide bonds. The molecule has 0 aliphatic carbocycles. The third-order valence-corrected chi connectivity index (χ3v) is 4.88. The highest BCUT2D eigenvalue weighted by Crippen LogP contribution is 2.26. The fourth-order valence-electron chi connectivity index (χ4n) is 3.49. The molecule has 1 saturated heterocycles. The molecule has 1 aromatic carbocycles. The quantitative estimate of drug-likeness (QED) is 0.848. The van der Waals surface area contributed by atoms with E-state index in [1.54, 1.807) is 4.90 Å². The largest absolute Gasteiger partial charge is 0.480 e. The van der Waals surface area contributed by atoms with Gasteiger partial charge >= 0.3 is 12.1 Å². The van der Waals surface area contributed by atoms with E-state index < -0.39 is 11.6 Å². The second-order valence-electron chi connectivity index (χ2n) is 8.17. The number of hydrogen-bond donors (Lipinski definition) is 1. The lowest BCUT2D eigenvalue weighted by molar-refractivity contribution is -0.137. The van der Waals surface area contributed by atoms with Gasteiger partial charge in [0.05, 0.1) is 0 Å². The van der Waals surface area contributed by atoms with Crippen molar-refractivity contribution in [1.82, 2.24) is 9.80 Å². The maximum atomic E-state index is 12.6. The van der Waals surface area contributed by atoms with Crippen molar-refractivity contribution < 1.29 is 24.2 Å². The Morgan fingerprint density at radius 3 is 2.39 bits per heavy atom. The van der Waals surface area contributed by atoms with Gasteiger partial charge in [0.15, 0.2) is 0 Å². The Balaban J connectivity index is 1.67. The number of nitrogens with zero attached hydrogens (tertiary/aromatic N) is 3. The number of carbonyl (C=O) groups excluding carboxylic acids is 2. The van der Waals surface area contributed by atoms with Crippen LogP contribution in [0.25, 0.3) is 0 Å². The standard InChI is InChI=1S/C20H27N3O5/c1-20(2,3)28-19(27)22-10-8-21(9-11-22)15-5-4-14-6-7-23(13-17(24)25)18(26)16(14)12-15/h4-5,12H,6-11,13H2,1-3H3,(H,24,25). The number of carboxylic acids is 1. The van der Waals surface area contributed by atoms with Gasteiger partial charge < -0.3 is 24.5 Å². The average molecular weight is 389 g/mol. The minimum absolute atomic E-state index is 0.238. The summed E-state index contributed by atoms with van der Waals surface area (Å²) < 4.78 is 5.42. The Labute approximate surface area is 164 Å². The molecular formula is C20H27N3O5. The summed E-state index contributed by atoms with van der Waals surface area (Å²) >= 11 is 0. The molecule has 1 fully saturated rings. The molecule has 1 aromatic rings. The van der Waals surface area contributed by atoms with Gasteiger partial charge in [0, 0.05) is 44.0 Å². The maximum Gasteiger partial charge on any atom is 0.410 e. The van der Waals surface area contributed by atoms with Crippen LogP contribution in [-0.4, -0.2) is 77.7 Å². The van der Waals surface area contributed by atoms with Crippen molar-refractivity contribution in [2.45, 2.75) is 32.8 Å². The average Bonchev–Trinajstić information content (AvgIpc) is 2.62. The number of carbonyl (C=O) groups is 3. The highest BCUT2D eigenvalue weighted by atomic mass is 16.6. The molecule has 28 heavy (non-hydrogen) atoms. The molecule has 152 valence electrons. The highest BCUT2D eigenvalue weighted by Gasteiger charge is 2.29. The van der Waals surface area contributed by atoms with Crippen LogP contribution in [0.5, 0.6) is 0 Å². The number of benzene rings is 1. The zero-order valence-electron chi connectivity index (χ0n) is 16.6. The summed E-state index contributed by atoms with van der Waals surface area (Å²) in [6, 6.07) is 5.78. The predicted octanol–water partition coefficient (Wildman–Crippen LogP) is 1.83. The van der Waals surface area contributed by atoms with Crippen LogP contribution in [0.2, 0.25) is 0 Å². The van der Waals surface area contributed by atoms with E-state index in [4.69, 9.17) is 9.84 Å². The number of amides is 2. The van der Waals surface area contributed by atoms with Gasteiger partial charge in [-0.25, -0.2) is 4.79 Å². The zero-order valence-corrected chi connectivity index (χ0v) is 16.6. The molecule has 2 aliphatic rings. The number of carboxylic acid groups (broad SMARTS) is 1. The Hall–Kier alpha value is -2.77. The fraction of sp³-hybridized carbons (Fsp3) is 0.550.